The summed E-state index contributed by atoms with van der Waals surface area (Å²) in [6.07, 6.45) is -2.29. The highest BCUT2D eigenvalue weighted by Crippen LogP contribution is 2.46. The molecule has 2 fully saturated rings. The van der Waals surface area contributed by atoms with Gasteiger partial charge in [-0.3, -0.25) is 9.59 Å². The fourth-order valence-corrected chi connectivity index (χ4v) is 4.71. The molecule has 0 aromatic heterocycles. The second-order valence-electron chi connectivity index (χ2n) is 8.65. The zero-order chi connectivity index (χ0) is 23.0. The predicted molar refractivity (Wildman–Crippen MR) is 109 cm³/mol. The van der Waals surface area contributed by atoms with Crippen LogP contribution in [-0.4, -0.2) is 61.4 Å². The van der Waals surface area contributed by atoms with Crippen molar-refractivity contribution in [2.75, 3.05) is 38.6 Å². The number of carbonyl (C=O) groups excluding carboxylic acids is 2. The molecule has 1 aromatic rings. The zero-order valence-electron chi connectivity index (χ0n) is 18.0. The monoisotopic (exact) mass is 436 g/mol. The molecule has 0 N–H and O–H groups in total. The molecule has 2 saturated heterocycles. The third kappa shape index (κ3) is 4.48. The molecule has 0 bridgehead atoms. The van der Waals surface area contributed by atoms with Crippen LogP contribution in [0.1, 0.15) is 43.7 Å². The van der Waals surface area contributed by atoms with Crippen molar-refractivity contribution in [3.8, 4) is 6.07 Å². The molecule has 2 aliphatic heterocycles. The first-order valence-electron chi connectivity index (χ1n) is 10.4. The first-order valence-corrected chi connectivity index (χ1v) is 10.4. The van der Waals surface area contributed by atoms with E-state index < -0.39 is 23.3 Å². The molecule has 2 heterocycles. The Hall–Kier alpha value is -2.76. The summed E-state index contributed by atoms with van der Waals surface area (Å²) >= 11 is 0. The second-order valence-corrected chi connectivity index (χ2v) is 8.65. The van der Waals surface area contributed by atoms with E-state index in [4.69, 9.17) is 5.26 Å². The Bertz CT molecular complexity index is 899. The number of rotatable bonds is 3. The van der Waals surface area contributed by atoms with Crippen LogP contribution in [0.4, 0.5) is 18.9 Å². The number of hydrogen-bond acceptors (Lipinski definition) is 4. The molecule has 2 amide bonds. The van der Waals surface area contributed by atoms with Gasteiger partial charge in [-0.15, -0.1) is 0 Å². The number of likely N-dealkylation sites (N-methyl/N-ethyl adjacent to an activating group) is 1. The van der Waals surface area contributed by atoms with Gasteiger partial charge in [0.05, 0.1) is 17.2 Å². The Labute approximate surface area is 180 Å². The van der Waals surface area contributed by atoms with Crippen molar-refractivity contribution in [3.05, 3.63) is 29.3 Å². The first-order chi connectivity index (χ1) is 14.5. The standard InChI is InChI=1S/C22H27F3N4O2/c1-4-19(30)28-9-7-21(8-10-28)12-18(20(31)27(2)3)29(14-21)16-6-5-15(13-26)17(11-16)22(23,24)25/h5-6,11,18H,4,7-10,12,14H2,1-3H3. The van der Waals surface area contributed by atoms with Crippen molar-refractivity contribution < 1.29 is 22.8 Å². The predicted octanol–water partition coefficient (Wildman–Crippen LogP) is 3.26. The second kappa shape index (κ2) is 8.40. The SMILES string of the molecule is CCC(=O)N1CCC2(CC1)CC(C(=O)N(C)C)N(c1ccc(C#N)c(C(F)(F)F)c1)C2. The number of piperidine rings is 1. The number of benzene rings is 1. The molecule has 1 aromatic carbocycles. The van der Waals surface area contributed by atoms with Gasteiger partial charge in [-0.1, -0.05) is 6.92 Å². The fourth-order valence-electron chi connectivity index (χ4n) is 4.71. The van der Waals surface area contributed by atoms with Crippen molar-refractivity contribution in [2.24, 2.45) is 5.41 Å². The molecular weight excluding hydrogens is 409 g/mol. The third-order valence-electron chi connectivity index (χ3n) is 6.47. The topological polar surface area (TPSA) is 67.7 Å². The van der Waals surface area contributed by atoms with Gasteiger partial charge in [0.25, 0.3) is 0 Å². The minimum atomic E-state index is -4.66. The van der Waals surface area contributed by atoms with Crippen LogP contribution in [-0.2, 0) is 15.8 Å². The summed E-state index contributed by atoms with van der Waals surface area (Å²) in [5, 5.41) is 9.08. The molecule has 6 nitrogen and oxygen atoms in total. The van der Waals surface area contributed by atoms with Gasteiger partial charge in [0.2, 0.25) is 11.8 Å². The molecule has 2 aliphatic rings. The summed E-state index contributed by atoms with van der Waals surface area (Å²) in [5.74, 6) is -0.0746. The quantitative estimate of drug-likeness (QED) is 0.730. The van der Waals surface area contributed by atoms with Gasteiger partial charge in [0, 0.05) is 45.8 Å². The number of amides is 2. The Balaban J connectivity index is 1.94. The number of nitriles is 1. The number of hydrogen-bond donors (Lipinski definition) is 0. The van der Waals surface area contributed by atoms with E-state index >= 15 is 0 Å². The van der Waals surface area contributed by atoms with E-state index in [9.17, 15) is 22.8 Å². The highest BCUT2D eigenvalue weighted by Gasteiger charge is 2.49. The number of likely N-dealkylation sites (tertiary alicyclic amines) is 1. The molecule has 1 unspecified atom stereocenters. The number of anilines is 1. The van der Waals surface area contributed by atoms with E-state index in [1.54, 1.807) is 25.1 Å². The minimum absolute atomic E-state index is 0.0903. The van der Waals surface area contributed by atoms with Crippen LogP contribution < -0.4 is 4.90 Å². The molecule has 1 atom stereocenters. The van der Waals surface area contributed by atoms with Crippen molar-refractivity contribution in [1.29, 1.82) is 5.26 Å². The number of carbonyl (C=O) groups is 2. The normalized spacial score (nSPS) is 20.6. The van der Waals surface area contributed by atoms with Crippen LogP contribution in [0, 0.1) is 16.7 Å². The molecule has 1 spiro atoms. The van der Waals surface area contributed by atoms with E-state index in [-0.39, 0.29) is 22.9 Å². The molecule has 9 heteroatoms. The minimum Gasteiger partial charge on any atom is -0.359 e. The number of nitrogens with zero attached hydrogens (tertiary/aromatic N) is 4. The van der Waals surface area contributed by atoms with E-state index in [2.05, 4.69) is 0 Å². The molecule has 168 valence electrons. The number of halogens is 3. The average Bonchev–Trinajstić information content (AvgIpc) is 3.10. The lowest BCUT2D eigenvalue weighted by Crippen LogP contribution is -2.44. The molecule has 0 aliphatic carbocycles. The Morgan fingerprint density at radius 3 is 2.42 bits per heavy atom. The maximum atomic E-state index is 13.5. The summed E-state index contributed by atoms with van der Waals surface area (Å²) in [6.45, 7) is 3.43. The summed E-state index contributed by atoms with van der Waals surface area (Å²) < 4.78 is 40.5. The molecule has 31 heavy (non-hydrogen) atoms. The summed E-state index contributed by atoms with van der Waals surface area (Å²) in [7, 11) is 3.27. The van der Waals surface area contributed by atoms with E-state index in [1.807, 2.05) is 11.8 Å². The Morgan fingerprint density at radius 2 is 1.90 bits per heavy atom. The van der Waals surface area contributed by atoms with Crippen molar-refractivity contribution in [3.63, 3.8) is 0 Å². The van der Waals surface area contributed by atoms with Gasteiger partial charge in [-0.05, 0) is 42.9 Å². The van der Waals surface area contributed by atoms with Crippen LogP contribution in [0.15, 0.2) is 18.2 Å². The van der Waals surface area contributed by atoms with Gasteiger partial charge in [0.1, 0.15) is 6.04 Å². The Morgan fingerprint density at radius 1 is 1.26 bits per heavy atom. The van der Waals surface area contributed by atoms with Gasteiger partial charge in [0.15, 0.2) is 0 Å². The van der Waals surface area contributed by atoms with Gasteiger partial charge >= 0.3 is 6.18 Å². The lowest BCUT2D eigenvalue weighted by Gasteiger charge is -2.39. The summed E-state index contributed by atoms with van der Waals surface area (Å²) in [5.41, 5.74) is -1.39. The average molecular weight is 436 g/mol. The third-order valence-corrected chi connectivity index (χ3v) is 6.47. The van der Waals surface area contributed by atoms with Gasteiger partial charge < -0.3 is 14.7 Å². The highest BCUT2D eigenvalue weighted by atomic mass is 19.4. The molecule has 3 rings (SSSR count). The molecule has 0 saturated carbocycles. The van der Waals surface area contributed by atoms with Gasteiger partial charge in [-0.25, -0.2) is 0 Å². The van der Waals surface area contributed by atoms with Crippen molar-refractivity contribution >= 4 is 17.5 Å². The van der Waals surface area contributed by atoms with Gasteiger partial charge in [-0.2, -0.15) is 18.4 Å². The van der Waals surface area contributed by atoms with Crippen LogP contribution in [0.5, 0.6) is 0 Å². The summed E-state index contributed by atoms with van der Waals surface area (Å²) in [4.78, 5) is 30.0. The Kier molecular flexibility index (Phi) is 6.21. The van der Waals surface area contributed by atoms with Crippen LogP contribution in [0.25, 0.3) is 0 Å². The van der Waals surface area contributed by atoms with E-state index in [0.717, 1.165) is 6.07 Å². The molecular formula is C22H27F3N4O2. The number of alkyl halides is 3. The maximum absolute atomic E-state index is 13.5. The fraction of sp³-hybridized carbons (Fsp3) is 0.591. The van der Waals surface area contributed by atoms with Crippen molar-refractivity contribution in [1.82, 2.24) is 9.80 Å². The first kappa shape index (κ1) is 22.9. The lowest BCUT2D eigenvalue weighted by atomic mass is 9.76. The van der Waals surface area contributed by atoms with Crippen LogP contribution in [0.3, 0.4) is 0 Å². The maximum Gasteiger partial charge on any atom is 0.417 e. The zero-order valence-corrected chi connectivity index (χ0v) is 18.0. The van der Waals surface area contributed by atoms with Crippen LogP contribution in [0.2, 0.25) is 0 Å². The van der Waals surface area contributed by atoms with Crippen LogP contribution >= 0.6 is 0 Å². The van der Waals surface area contributed by atoms with Crippen molar-refractivity contribution in [2.45, 2.75) is 44.8 Å². The summed E-state index contributed by atoms with van der Waals surface area (Å²) in [6, 6.07) is 4.64. The highest BCUT2D eigenvalue weighted by molar-refractivity contribution is 5.86. The molecule has 0 radical (unpaired) electrons. The largest absolute Gasteiger partial charge is 0.417 e. The van der Waals surface area contributed by atoms with E-state index in [0.29, 0.717) is 45.3 Å². The smallest absolute Gasteiger partial charge is 0.359 e. The lowest BCUT2D eigenvalue weighted by molar-refractivity contribution is -0.137. The van der Waals surface area contributed by atoms with E-state index in [1.165, 1.54) is 17.0 Å².